The number of hydrogen-bond acceptors (Lipinski definition) is 2. The third kappa shape index (κ3) is 5.39. The van der Waals surface area contributed by atoms with Gasteiger partial charge in [0.05, 0.1) is 5.84 Å². The van der Waals surface area contributed by atoms with Crippen molar-refractivity contribution < 1.29 is 4.79 Å². The Morgan fingerprint density at radius 2 is 2.09 bits per heavy atom. The summed E-state index contributed by atoms with van der Waals surface area (Å²) in [5.74, 6) is 0.483. The largest absolute Gasteiger partial charge is 0.362 e. The van der Waals surface area contributed by atoms with E-state index < -0.39 is 0 Å². The van der Waals surface area contributed by atoms with Crippen LogP contribution in [0.4, 0.5) is 0 Å². The molecule has 0 bridgehead atoms. The first-order chi connectivity index (χ1) is 5.04. The van der Waals surface area contributed by atoms with E-state index in [1.165, 1.54) is 6.92 Å². The molecular weight excluding hydrogens is 142 g/mol. The third-order valence-corrected chi connectivity index (χ3v) is 1.39. The van der Waals surface area contributed by atoms with Crippen molar-refractivity contribution >= 4 is 11.7 Å². The van der Waals surface area contributed by atoms with E-state index in [0.717, 1.165) is 0 Å². The van der Waals surface area contributed by atoms with Crippen molar-refractivity contribution in [3.63, 3.8) is 0 Å². The quantitative estimate of drug-likeness (QED) is 0.449. The molecule has 0 saturated heterocycles. The molecule has 0 spiro atoms. The van der Waals surface area contributed by atoms with Crippen molar-refractivity contribution in [1.82, 2.24) is 10.2 Å². The van der Waals surface area contributed by atoms with Gasteiger partial charge in [-0.25, -0.2) is 0 Å². The molecule has 2 N–H and O–H groups in total. The zero-order valence-corrected chi connectivity index (χ0v) is 7.27. The highest BCUT2D eigenvalue weighted by atomic mass is 16.1. The predicted molar refractivity (Wildman–Crippen MR) is 44.7 cm³/mol. The maximum Gasteiger partial charge on any atom is 0.216 e. The summed E-state index contributed by atoms with van der Waals surface area (Å²) in [7, 11) is 1.82. The Labute approximate surface area is 67.1 Å². The van der Waals surface area contributed by atoms with E-state index in [9.17, 15) is 4.79 Å². The molecule has 0 atom stereocenters. The fourth-order valence-corrected chi connectivity index (χ4v) is 0.567. The fourth-order valence-electron chi connectivity index (χ4n) is 0.567. The molecule has 0 aliphatic heterocycles. The first-order valence-electron chi connectivity index (χ1n) is 3.54. The molecule has 0 fully saturated rings. The van der Waals surface area contributed by atoms with E-state index in [1.807, 2.05) is 7.05 Å². The van der Waals surface area contributed by atoms with Crippen LogP contribution in [-0.2, 0) is 4.79 Å². The standard InChI is InChI=1S/C7H15N3O/c1-6(8)10(3)5-4-9-7(2)11/h8H,4-5H2,1-3H3,(H,9,11). The van der Waals surface area contributed by atoms with Crippen LogP contribution in [0.5, 0.6) is 0 Å². The van der Waals surface area contributed by atoms with Crippen molar-refractivity contribution in [1.29, 1.82) is 5.41 Å². The van der Waals surface area contributed by atoms with E-state index in [-0.39, 0.29) is 5.91 Å². The van der Waals surface area contributed by atoms with Crippen LogP contribution in [0.3, 0.4) is 0 Å². The van der Waals surface area contributed by atoms with Gasteiger partial charge in [0.2, 0.25) is 5.91 Å². The highest BCUT2D eigenvalue weighted by molar-refractivity contribution is 5.76. The Hall–Kier alpha value is -1.06. The van der Waals surface area contributed by atoms with Gasteiger partial charge in [0, 0.05) is 27.1 Å². The highest BCUT2D eigenvalue weighted by Gasteiger charge is 1.97. The first kappa shape index (κ1) is 9.94. The van der Waals surface area contributed by atoms with Crippen molar-refractivity contribution in [2.75, 3.05) is 20.1 Å². The van der Waals surface area contributed by atoms with E-state index in [2.05, 4.69) is 5.32 Å². The number of amidine groups is 1. The van der Waals surface area contributed by atoms with E-state index in [1.54, 1.807) is 11.8 Å². The molecular formula is C7H15N3O. The Morgan fingerprint density at radius 3 is 2.45 bits per heavy atom. The van der Waals surface area contributed by atoms with Gasteiger partial charge in [-0.2, -0.15) is 0 Å². The average molecular weight is 157 g/mol. The van der Waals surface area contributed by atoms with Crippen molar-refractivity contribution in [3.05, 3.63) is 0 Å². The van der Waals surface area contributed by atoms with Crippen LogP contribution in [0.15, 0.2) is 0 Å². The number of likely N-dealkylation sites (N-methyl/N-ethyl adjacent to an activating group) is 1. The first-order valence-corrected chi connectivity index (χ1v) is 3.54. The van der Waals surface area contributed by atoms with Crippen molar-refractivity contribution in [3.8, 4) is 0 Å². The Morgan fingerprint density at radius 1 is 1.55 bits per heavy atom. The molecule has 0 aromatic carbocycles. The average Bonchev–Trinajstić information content (AvgIpc) is 1.86. The SMILES string of the molecule is CC(=N)N(C)CCNC(C)=O. The number of carbonyl (C=O) groups is 1. The van der Waals surface area contributed by atoms with Crippen LogP contribution in [0.1, 0.15) is 13.8 Å². The second kappa shape index (κ2) is 4.71. The van der Waals surface area contributed by atoms with Crippen LogP contribution in [-0.4, -0.2) is 36.8 Å². The van der Waals surface area contributed by atoms with Gasteiger partial charge in [-0.15, -0.1) is 0 Å². The maximum absolute atomic E-state index is 10.4. The minimum Gasteiger partial charge on any atom is -0.362 e. The number of amides is 1. The Bertz CT molecular complexity index is 156. The predicted octanol–water partition coefficient (Wildman–Crippen LogP) is 0.0515. The summed E-state index contributed by atoms with van der Waals surface area (Å²) in [6.07, 6.45) is 0. The fraction of sp³-hybridized carbons (Fsp3) is 0.714. The summed E-state index contributed by atoms with van der Waals surface area (Å²) < 4.78 is 0. The normalized spacial score (nSPS) is 9.00. The summed E-state index contributed by atoms with van der Waals surface area (Å²) in [5.41, 5.74) is 0. The van der Waals surface area contributed by atoms with E-state index >= 15 is 0 Å². The van der Waals surface area contributed by atoms with Gasteiger partial charge in [-0.05, 0) is 6.92 Å². The minimum atomic E-state index is -0.0268. The molecule has 0 radical (unpaired) electrons. The van der Waals surface area contributed by atoms with Crippen molar-refractivity contribution in [2.24, 2.45) is 0 Å². The molecule has 4 nitrogen and oxygen atoms in total. The molecule has 0 rings (SSSR count). The molecule has 64 valence electrons. The molecule has 4 heteroatoms. The molecule has 0 heterocycles. The summed E-state index contributed by atoms with van der Waals surface area (Å²) in [6.45, 7) is 4.49. The maximum atomic E-state index is 10.4. The van der Waals surface area contributed by atoms with Crippen molar-refractivity contribution in [2.45, 2.75) is 13.8 Å². The zero-order valence-electron chi connectivity index (χ0n) is 7.27. The molecule has 0 aromatic heterocycles. The molecule has 0 saturated carbocycles. The lowest BCUT2D eigenvalue weighted by molar-refractivity contribution is -0.118. The minimum absolute atomic E-state index is 0.0268. The number of rotatable bonds is 3. The van der Waals surface area contributed by atoms with Crippen LogP contribution in [0.25, 0.3) is 0 Å². The molecule has 0 aliphatic carbocycles. The van der Waals surface area contributed by atoms with Gasteiger partial charge < -0.3 is 10.2 Å². The topological polar surface area (TPSA) is 56.2 Å². The summed E-state index contributed by atoms with van der Waals surface area (Å²) in [6, 6.07) is 0. The van der Waals surface area contributed by atoms with Gasteiger partial charge >= 0.3 is 0 Å². The van der Waals surface area contributed by atoms with Gasteiger partial charge in [-0.3, -0.25) is 10.2 Å². The Kier molecular flexibility index (Phi) is 4.26. The van der Waals surface area contributed by atoms with Crippen LogP contribution in [0.2, 0.25) is 0 Å². The summed E-state index contributed by atoms with van der Waals surface area (Å²) in [4.78, 5) is 12.2. The molecule has 11 heavy (non-hydrogen) atoms. The van der Waals surface area contributed by atoms with E-state index in [4.69, 9.17) is 5.41 Å². The lowest BCUT2D eigenvalue weighted by Gasteiger charge is -2.16. The second-order valence-corrected chi connectivity index (χ2v) is 2.49. The van der Waals surface area contributed by atoms with Gasteiger partial charge in [0.1, 0.15) is 0 Å². The number of hydrogen-bond donors (Lipinski definition) is 2. The Balaban J connectivity index is 3.39. The number of nitrogens with one attached hydrogen (secondary N) is 2. The molecule has 0 aromatic rings. The van der Waals surface area contributed by atoms with Crippen LogP contribution in [0, 0.1) is 5.41 Å². The molecule has 1 amide bonds. The summed E-state index contributed by atoms with van der Waals surface area (Å²) in [5, 5.41) is 9.85. The van der Waals surface area contributed by atoms with E-state index in [0.29, 0.717) is 18.9 Å². The highest BCUT2D eigenvalue weighted by Crippen LogP contribution is 1.80. The number of carbonyl (C=O) groups excluding carboxylic acids is 1. The van der Waals surface area contributed by atoms with Gasteiger partial charge in [-0.1, -0.05) is 0 Å². The zero-order chi connectivity index (χ0) is 8.85. The van der Waals surface area contributed by atoms with Gasteiger partial charge in [0.25, 0.3) is 0 Å². The number of nitrogens with zero attached hydrogens (tertiary/aromatic N) is 1. The van der Waals surface area contributed by atoms with Crippen LogP contribution >= 0.6 is 0 Å². The third-order valence-electron chi connectivity index (χ3n) is 1.39. The summed E-state index contributed by atoms with van der Waals surface area (Å²) >= 11 is 0. The lowest BCUT2D eigenvalue weighted by Crippen LogP contribution is -2.33. The smallest absolute Gasteiger partial charge is 0.216 e. The van der Waals surface area contributed by atoms with Gasteiger partial charge in [0.15, 0.2) is 0 Å². The monoisotopic (exact) mass is 157 g/mol. The lowest BCUT2D eigenvalue weighted by atomic mass is 10.5. The second-order valence-electron chi connectivity index (χ2n) is 2.49. The van der Waals surface area contributed by atoms with Crippen LogP contribution < -0.4 is 5.32 Å². The molecule has 0 unspecified atom stereocenters. The molecule has 0 aliphatic rings.